The van der Waals surface area contributed by atoms with Crippen molar-refractivity contribution in [2.24, 2.45) is 5.92 Å². The standard InChI is InChI=1S/C16H22N2O3/c1-10(17-8-11-2-4-13(19)6-11)12-3-5-15-14(7-12)18-16(20)9-21-15/h3,5,7,10-11,13,17,19H,2,4,6,8-9H2,1H3,(H,18,20). The van der Waals surface area contributed by atoms with Gasteiger partial charge in [-0.25, -0.2) is 0 Å². The molecule has 0 bridgehead atoms. The first-order valence-corrected chi connectivity index (χ1v) is 7.60. The molecule has 3 N–H and O–H groups in total. The highest BCUT2D eigenvalue weighted by molar-refractivity contribution is 5.95. The van der Waals surface area contributed by atoms with Crippen LogP contribution in [0.4, 0.5) is 5.69 Å². The maximum Gasteiger partial charge on any atom is 0.262 e. The molecule has 1 aliphatic heterocycles. The lowest BCUT2D eigenvalue weighted by Crippen LogP contribution is -2.27. The number of nitrogens with one attached hydrogen (secondary N) is 2. The second kappa shape index (κ2) is 6.03. The SMILES string of the molecule is CC(NCC1CCC(O)C1)c1ccc2c(c1)NC(=O)CO2. The van der Waals surface area contributed by atoms with Gasteiger partial charge in [-0.05, 0) is 56.3 Å². The summed E-state index contributed by atoms with van der Waals surface area (Å²) in [7, 11) is 0. The van der Waals surface area contributed by atoms with Gasteiger partial charge in [-0.3, -0.25) is 4.79 Å². The van der Waals surface area contributed by atoms with E-state index < -0.39 is 0 Å². The summed E-state index contributed by atoms with van der Waals surface area (Å²) in [5.41, 5.74) is 1.87. The van der Waals surface area contributed by atoms with Crippen molar-refractivity contribution in [2.45, 2.75) is 38.3 Å². The van der Waals surface area contributed by atoms with Crippen LogP contribution < -0.4 is 15.4 Å². The third-order valence-electron chi connectivity index (χ3n) is 4.36. The molecule has 1 aliphatic carbocycles. The molecule has 0 spiro atoms. The Morgan fingerprint density at radius 1 is 1.48 bits per heavy atom. The first-order chi connectivity index (χ1) is 10.1. The lowest BCUT2D eigenvalue weighted by atomic mass is 10.0. The molecule has 5 heteroatoms. The second-order valence-electron chi connectivity index (χ2n) is 6.06. The van der Waals surface area contributed by atoms with Gasteiger partial charge in [-0.2, -0.15) is 0 Å². The van der Waals surface area contributed by atoms with E-state index in [0.29, 0.717) is 5.92 Å². The number of amides is 1. The molecule has 3 rings (SSSR count). The van der Waals surface area contributed by atoms with Crippen LogP contribution in [0.3, 0.4) is 0 Å². The topological polar surface area (TPSA) is 70.6 Å². The van der Waals surface area contributed by atoms with Gasteiger partial charge >= 0.3 is 0 Å². The molecule has 1 saturated carbocycles. The summed E-state index contributed by atoms with van der Waals surface area (Å²) in [4.78, 5) is 11.4. The van der Waals surface area contributed by atoms with E-state index in [0.717, 1.165) is 42.8 Å². The van der Waals surface area contributed by atoms with Crippen molar-refractivity contribution in [3.8, 4) is 5.75 Å². The molecule has 1 heterocycles. The van der Waals surface area contributed by atoms with Crippen molar-refractivity contribution >= 4 is 11.6 Å². The molecular formula is C16H22N2O3. The summed E-state index contributed by atoms with van der Waals surface area (Å²) in [6.45, 7) is 3.11. The summed E-state index contributed by atoms with van der Waals surface area (Å²) < 4.78 is 5.36. The molecule has 2 aliphatic rings. The number of anilines is 1. The number of rotatable bonds is 4. The summed E-state index contributed by atoms with van der Waals surface area (Å²) in [5.74, 6) is 1.17. The third-order valence-corrected chi connectivity index (χ3v) is 4.36. The number of hydrogen-bond donors (Lipinski definition) is 3. The van der Waals surface area contributed by atoms with Crippen LogP contribution in [-0.4, -0.2) is 30.3 Å². The van der Waals surface area contributed by atoms with Gasteiger partial charge in [0, 0.05) is 6.04 Å². The number of fused-ring (bicyclic) bond motifs is 1. The first-order valence-electron chi connectivity index (χ1n) is 7.60. The van der Waals surface area contributed by atoms with Gasteiger partial charge in [0.1, 0.15) is 5.75 Å². The summed E-state index contributed by atoms with van der Waals surface area (Å²) >= 11 is 0. The van der Waals surface area contributed by atoms with Crippen molar-refractivity contribution in [2.75, 3.05) is 18.5 Å². The van der Waals surface area contributed by atoms with Crippen LogP contribution >= 0.6 is 0 Å². The van der Waals surface area contributed by atoms with Crippen LogP contribution in [0, 0.1) is 5.92 Å². The van der Waals surface area contributed by atoms with Gasteiger partial charge in [0.2, 0.25) is 0 Å². The van der Waals surface area contributed by atoms with Crippen molar-refractivity contribution in [3.63, 3.8) is 0 Å². The zero-order valence-corrected chi connectivity index (χ0v) is 12.3. The highest BCUT2D eigenvalue weighted by atomic mass is 16.5. The van der Waals surface area contributed by atoms with Gasteiger partial charge in [0.15, 0.2) is 6.61 Å². The quantitative estimate of drug-likeness (QED) is 0.791. The molecule has 0 aromatic heterocycles. The fourth-order valence-electron chi connectivity index (χ4n) is 3.07. The predicted molar refractivity (Wildman–Crippen MR) is 80.3 cm³/mol. The highest BCUT2D eigenvalue weighted by Gasteiger charge is 2.23. The second-order valence-corrected chi connectivity index (χ2v) is 6.06. The van der Waals surface area contributed by atoms with Crippen LogP contribution in [0.25, 0.3) is 0 Å². The number of carbonyl (C=O) groups is 1. The predicted octanol–water partition coefficient (Wildman–Crippen LogP) is 1.83. The van der Waals surface area contributed by atoms with E-state index in [1.807, 2.05) is 18.2 Å². The lowest BCUT2D eigenvalue weighted by molar-refractivity contribution is -0.118. The average molecular weight is 290 g/mol. The zero-order chi connectivity index (χ0) is 14.8. The largest absolute Gasteiger partial charge is 0.482 e. The molecule has 114 valence electrons. The minimum atomic E-state index is -0.122. The monoisotopic (exact) mass is 290 g/mol. The van der Waals surface area contributed by atoms with Crippen molar-refractivity contribution in [1.82, 2.24) is 5.32 Å². The van der Waals surface area contributed by atoms with Crippen LogP contribution in [0.2, 0.25) is 0 Å². The van der Waals surface area contributed by atoms with Gasteiger partial charge in [-0.1, -0.05) is 6.07 Å². The van der Waals surface area contributed by atoms with E-state index in [1.54, 1.807) is 0 Å². The van der Waals surface area contributed by atoms with Gasteiger partial charge in [-0.15, -0.1) is 0 Å². The first kappa shape index (κ1) is 14.4. The van der Waals surface area contributed by atoms with Crippen LogP contribution in [0.5, 0.6) is 5.75 Å². The Kier molecular flexibility index (Phi) is 4.12. The smallest absolute Gasteiger partial charge is 0.262 e. The molecular weight excluding hydrogens is 268 g/mol. The number of benzene rings is 1. The van der Waals surface area contributed by atoms with Crippen LogP contribution in [0.1, 0.15) is 37.8 Å². The lowest BCUT2D eigenvalue weighted by Gasteiger charge is -2.22. The molecule has 1 aromatic carbocycles. The maximum atomic E-state index is 11.4. The van der Waals surface area contributed by atoms with Gasteiger partial charge in [0.05, 0.1) is 11.8 Å². The third kappa shape index (κ3) is 3.36. The Balaban J connectivity index is 1.60. The molecule has 0 saturated heterocycles. The Labute approximate surface area is 124 Å². The number of ether oxygens (including phenoxy) is 1. The fraction of sp³-hybridized carbons (Fsp3) is 0.562. The van der Waals surface area contributed by atoms with Crippen molar-refractivity contribution in [3.05, 3.63) is 23.8 Å². The fourth-order valence-corrected chi connectivity index (χ4v) is 3.07. The van der Waals surface area contributed by atoms with Crippen LogP contribution in [-0.2, 0) is 4.79 Å². The van der Waals surface area contributed by atoms with E-state index in [-0.39, 0.29) is 24.7 Å². The summed E-state index contributed by atoms with van der Waals surface area (Å²) in [5, 5.41) is 15.9. The Morgan fingerprint density at radius 3 is 3.10 bits per heavy atom. The van der Waals surface area contributed by atoms with Gasteiger partial charge in [0.25, 0.3) is 5.91 Å². The molecule has 21 heavy (non-hydrogen) atoms. The van der Waals surface area contributed by atoms with Gasteiger partial charge < -0.3 is 20.5 Å². The number of aliphatic hydroxyl groups excluding tert-OH is 1. The molecule has 3 unspecified atom stereocenters. The summed E-state index contributed by atoms with van der Waals surface area (Å²) in [6.07, 6.45) is 2.79. The number of aliphatic hydroxyl groups is 1. The normalized spacial score (nSPS) is 25.9. The van der Waals surface area contributed by atoms with E-state index in [9.17, 15) is 9.90 Å². The molecule has 5 nitrogen and oxygen atoms in total. The highest BCUT2D eigenvalue weighted by Crippen LogP contribution is 2.31. The van der Waals surface area contributed by atoms with E-state index in [2.05, 4.69) is 17.6 Å². The Hall–Kier alpha value is -1.59. The molecule has 3 atom stereocenters. The zero-order valence-electron chi connectivity index (χ0n) is 12.3. The van der Waals surface area contributed by atoms with E-state index in [4.69, 9.17) is 4.74 Å². The molecule has 0 radical (unpaired) electrons. The van der Waals surface area contributed by atoms with Crippen molar-refractivity contribution in [1.29, 1.82) is 0 Å². The maximum absolute atomic E-state index is 11.4. The Bertz CT molecular complexity index is 532. The van der Waals surface area contributed by atoms with Crippen LogP contribution in [0.15, 0.2) is 18.2 Å². The Morgan fingerprint density at radius 2 is 2.33 bits per heavy atom. The summed E-state index contributed by atoms with van der Waals surface area (Å²) in [6, 6.07) is 6.10. The minimum absolute atomic E-state index is 0.0875. The van der Waals surface area contributed by atoms with Crippen molar-refractivity contribution < 1.29 is 14.6 Å². The minimum Gasteiger partial charge on any atom is -0.482 e. The van der Waals surface area contributed by atoms with E-state index >= 15 is 0 Å². The number of carbonyl (C=O) groups excluding carboxylic acids is 1. The molecule has 1 fully saturated rings. The molecule has 1 aromatic rings. The molecule has 1 amide bonds. The number of hydrogen-bond acceptors (Lipinski definition) is 4. The van der Waals surface area contributed by atoms with E-state index in [1.165, 1.54) is 0 Å². The average Bonchev–Trinajstić information content (AvgIpc) is 2.89.